The van der Waals surface area contributed by atoms with Gasteiger partial charge in [0.15, 0.2) is 6.61 Å². The van der Waals surface area contributed by atoms with Gasteiger partial charge in [0, 0.05) is 17.6 Å². The number of benzene rings is 1. The maximum absolute atomic E-state index is 11.9. The van der Waals surface area contributed by atoms with E-state index in [2.05, 4.69) is 5.32 Å². The Morgan fingerprint density at radius 2 is 2.13 bits per heavy atom. The van der Waals surface area contributed by atoms with Crippen molar-refractivity contribution in [1.29, 1.82) is 0 Å². The van der Waals surface area contributed by atoms with Crippen LogP contribution in [0.4, 0.5) is 0 Å². The van der Waals surface area contributed by atoms with Crippen LogP contribution < -0.4 is 10.1 Å². The van der Waals surface area contributed by atoms with Crippen LogP contribution in [0.2, 0.25) is 10.0 Å². The van der Waals surface area contributed by atoms with Gasteiger partial charge in [-0.3, -0.25) is 9.69 Å². The van der Waals surface area contributed by atoms with Gasteiger partial charge in [0.05, 0.1) is 17.3 Å². The van der Waals surface area contributed by atoms with E-state index in [1.165, 1.54) is 0 Å². The molecule has 1 aromatic carbocycles. The number of nitrogens with zero attached hydrogens (tertiary/aromatic N) is 1. The molecule has 0 saturated heterocycles. The van der Waals surface area contributed by atoms with Crippen LogP contribution in [0, 0.1) is 0 Å². The summed E-state index contributed by atoms with van der Waals surface area (Å²) < 4.78 is 10.8. The normalized spacial score (nSPS) is 12.2. The van der Waals surface area contributed by atoms with Gasteiger partial charge < -0.3 is 14.5 Å². The van der Waals surface area contributed by atoms with Crippen LogP contribution in [-0.4, -0.2) is 38.1 Å². The number of hydrogen-bond donors (Lipinski definition) is 1. The second kappa shape index (κ2) is 8.24. The molecular formula is C16H18Cl2N2O3. The molecule has 23 heavy (non-hydrogen) atoms. The molecule has 0 saturated carbocycles. The summed E-state index contributed by atoms with van der Waals surface area (Å²) in [5, 5.41) is 3.72. The Balaban J connectivity index is 1.86. The molecule has 0 fully saturated rings. The molecule has 124 valence electrons. The van der Waals surface area contributed by atoms with Crippen molar-refractivity contribution in [2.75, 3.05) is 27.2 Å². The summed E-state index contributed by atoms with van der Waals surface area (Å²) in [5.41, 5.74) is 0. The first-order chi connectivity index (χ1) is 11.0. The van der Waals surface area contributed by atoms with Gasteiger partial charge in [-0.25, -0.2) is 0 Å². The van der Waals surface area contributed by atoms with E-state index in [-0.39, 0.29) is 18.6 Å². The zero-order valence-electron chi connectivity index (χ0n) is 12.9. The van der Waals surface area contributed by atoms with E-state index in [0.717, 1.165) is 5.76 Å². The van der Waals surface area contributed by atoms with Crippen LogP contribution in [0.15, 0.2) is 41.0 Å². The number of ether oxygens (including phenoxy) is 1. The highest BCUT2D eigenvalue weighted by Crippen LogP contribution is 2.27. The van der Waals surface area contributed by atoms with Crippen LogP contribution in [0.5, 0.6) is 5.75 Å². The quantitative estimate of drug-likeness (QED) is 0.825. The number of carbonyl (C=O) groups excluding carboxylic acids is 1. The van der Waals surface area contributed by atoms with Crippen LogP contribution in [-0.2, 0) is 4.79 Å². The van der Waals surface area contributed by atoms with E-state index < -0.39 is 0 Å². The molecule has 5 nitrogen and oxygen atoms in total. The number of likely N-dealkylation sites (N-methyl/N-ethyl adjacent to an activating group) is 1. The third kappa shape index (κ3) is 5.16. The Morgan fingerprint density at radius 1 is 1.35 bits per heavy atom. The molecule has 1 aromatic heterocycles. The Morgan fingerprint density at radius 3 is 2.78 bits per heavy atom. The topological polar surface area (TPSA) is 54.7 Å². The summed E-state index contributed by atoms with van der Waals surface area (Å²) in [7, 11) is 3.84. The van der Waals surface area contributed by atoms with Crippen molar-refractivity contribution in [3.05, 3.63) is 52.4 Å². The molecule has 0 aliphatic heterocycles. The molecule has 1 amide bonds. The van der Waals surface area contributed by atoms with Gasteiger partial charge in [-0.15, -0.1) is 0 Å². The Hall–Kier alpha value is -1.69. The monoisotopic (exact) mass is 356 g/mol. The van der Waals surface area contributed by atoms with Gasteiger partial charge in [-0.1, -0.05) is 23.2 Å². The molecule has 1 N–H and O–H groups in total. The average molecular weight is 357 g/mol. The molecular weight excluding hydrogens is 339 g/mol. The minimum absolute atomic E-state index is 0.0521. The molecule has 2 rings (SSSR count). The minimum atomic E-state index is -0.251. The molecule has 1 heterocycles. The summed E-state index contributed by atoms with van der Waals surface area (Å²) in [6.45, 7) is 0.268. The largest absolute Gasteiger partial charge is 0.482 e. The Kier molecular flexibility index (Phi) is 6.33. The summed E-state index contributed by atoms with van der Waals surface area (Å²) in [4.78, 5) is 13.9. The number of nitrogens with one attached hydrogen (secondary N) is 1. The van der Waals surface area contributed by atoms with E-state index in [4.69, 9.17) is 32.4 Å². The van der Waals surface area contributed by atoms with Crippen molar-refractivity contribution >= 4 is 29.1 Å². The highest BCUT2D eigenvalue weighted by molar-refractivity contribution is 6.34. The van der Waals surface area contributed by atoms with Crippen molar-refractivity contribution in [2.45, 2.75) is 6.04 Å². The van der Waals surface area contributed by atoms with E-state index in [1.807, 2.05) is 31.1 Å². The second-order valence-electron chi connectivity index (χ2n) is 5.16. The maximum atomic E-state index is 11.9. The third-order valence-electron chi connectivity index (χ3n) is 3.24. The van der Waals surface area contributed by atoms with Gasteiger partial charge >= 0.3 is 0 Å². The molecule has 2 aromatic rings. The second-order valence-corrected chi connectivity index (χ2v) is 6.01. The summed E-state index contributed by atoms with van der Waals surface area (Å²) in [5.74, 6) is 0.915. The highest BCUT2D eigenvalue weighted by Gasteiger charge is 2.18. The number of amides is 1. The fraction of sp³-hybridized carbons (Fsp3) is 0.312. The number of furan rings is 1. The Bertz CT molecular complexity index is 645. The standard InChI is InChI=1S/C16H18Cl2N2O3/c1-20(2)13(14-4-3-7-22-14)9-19-16(21)10-23-15-8-11(17)5-6-12(15)18/h3-8,13H,9-10H2,1-2H3,(H,19,21). The minimum Gasteiger partial charge on any atom is -0.482 e. The zero-order chi connectivity index (χ0) is 16.8. The summed E-state index contributed by atoms with van der Waals surface area (Å²) >= 11 is 11.9. The fourth-order valence-electron chi connectivity index (χ4n) is 2.01. The van der Waals surface area contributed by atoms with Gasteiger partial charge in [-0.05, 0) is 38.4 Å². The number of rotatable bonds is 7. The van der Waals surface area contributed by atoms with E-state index in [1.54, 1.807) is 24.5 Å². The van der Waals surface area contributed by atoms with Gasteiger partial charge in [0.2, 0.25) is 0 Å². The SMILES string of the molecule is CN(C)C(CNC(=O)COc1cc(Cl)ccc1Cl)c1ccco1. The van der Waals surface area contributed by atoms with E-state index in [9.17, 15) is 4.79 Å². The van der Waals surface area contributed by atoms with E-state index >= 15 is 0 Å². The van der Waals surface area contributed by atoms with E-state index in [0.29, 0.717) is 22.3 Å². The lowest BCUT2D eigenvalue weighted by Crippen LogP contribution is -2.36. The predicted molar refractivity (Wildman–Crippen MR) is 90.1 cm³/mol. The van der Waals surface area contributed by atoms with Crippen LogP contribution in [0.25, 0.3) is 0 Å². The predicted octanol–water partition coefficient (Wildman–Crippen LogP) is 3.38. The van der Waals surface area contributed by atoms with Crippen LogP contribution >= 0.6 is 23.2 Å². The van der Waals surface area contributed by atoms with Crippen molar-refractivity contribution in [1.82, 2.24) is 10.2 Å². The molecule has 0 aliphatic carbocycles. The number of carbonyl (C=O) groups is 1. The summed E-state index contributed by atoms with van der Waals surface area (Å²) in [6, 6.07) is 8.49. The molecule has 1 unspecified atom stereocenters. The summed E-state index contributed by atoms with van der Waals surface area (Å²) in [6.07, 6.45) is 1.61. The molecule has 7 heteroatoms. The average Bonchev–Trinajstić information content (AvgIpc) is 3.02. The molecule has 0 aliphatic rings. The molecule has 0 spiro atoms. The van der Waals surface area contributed by atoms with Crippen molar-refractivity contribution in [2.24, 2.45) is 0 Å². The fourth-order valence-corrected chi connectivity index (χ4v) is 2.35. The third-order valence-corrected chi connectivity index (χ3v) is 3.79. The van der Waals surface area contributed by atoms with Crippen molar-refractivity contribution in [3.8, 4) is 5.75 Å². The Labute approximate surface area is 145 Å². The van der Waals surface area contributed by atoms with Gasteiger partial charge in [0.25, 0.3) is 5.91 Å². The van der Waals surface area contributed by atoms with Gasteiger partial charge in [-0.2, -0.15) is 0 Å². The lowest BCUT2D eigenvalue weighted by Gasteiger charge is -2.22. The lowest BCUT2D eigenvalue weighted by molar-refractivity contribution is -0.123. The van der Waals surface area contributed by atoms with Gasteiger partial charge in [0.1, 0.15) is 11.5 Å². The molecule has 0 radical (unpaired) electrons. The number of halogens is 2. The zero-order valence-corrected chi connectivity index (χ0v) is 14.4. The highest BCUT2D eigenvalue weighted by atomic mass is 35.5. The van der Waals surface area contributed by atoms with Crippen molar-refractivity contribution in [3.63, 3.8) is 0 Å². The molecule has 1 atom stereocenters. The lowest BCUT2D eigenvalue weighted by atomic mass is 10.2. The van der Waals surface area contributed by atoms with Crippen LogP contribution in [0.1, 0.15) is 11.8 Å². The molecule has 0 bridgehead atoms. The first-order valence-electron chi connectivity index (χ1n) is 7.01. The first kappa shape index (κ1) is 17.7. The first-order valence-corrected chi connectivity index (χ1v) is 7.77. The van der Waals surface area contributed by atoms with Crippen molar-refractivity contribution < 1.29 is 13.9 Å². The maximum Gasteiger partial charge on any atom is 0.258 e. The smallest absolute Gasteiger partial charge is 0.258 e. The van der Waals surface area contributed by atoms with Crippen LogP contribution in [0.3, 0.4) is 0 Å². The number of hydrogen-bond acceptors (Lipinski definition) is 4.